The van der Waals surface area contributed by atoms with Gasteiger partial charge in [0.1, 0.15) is 11.9 Å². The SMILES string of the molecule is N=C(N)c1ccc(NC(C(=O)NCc2ccccc2)c2cccc([N+](=O)[O-])c2)cc1. The number of carbonyl (C=O) groups excluding carboxylic acids is 1. The van der Waals surface area contributed by atoms with Crippen molar-refractivity contribution in [1.29, 1.82) is 5.41 Å². The maximum Gasteiger partial charge on any atom is 0.269 e. The molecule has 1 unspecified atom stereocenters. The summed E-state index contributed by atoms with van der Waals surface area (Å²) in [4.78, 5) is 23.7. The number of anilines is 1. The van der Waals surface area contributed by atoms with Gasteiger partial charge in [-0.3, -0.25) is 20.3 Å². The van der Waals surface area contributed by atoms with E-state index in [1.807, 2.05) is 30.3 Å². The van der Waals surface area contributed by atoms with Crippen LogP contribution in [0.15, 0.2) is 78.9 Å². The van der Waals surface area contributed by atoms with Gasteiger partial charge in [0.15, 0.2) is 0 Å². The van der Waals surface area contributed by atoms with E-state index in [0.29, 0.717) is 23.4 Å². The van der Waals surface area contributed by atoms with Gasteiger partial charge in [-0.2, -0.15) is 0 Å². The van der Waals surface area contributed by atoms with E-state index < -0.39 is 11.0 Å². The summed E-state index contributed by atoms with van der Waals surface area (Å²) in [5, 5.41) is 24.6. The predicted molar refractivity (Wildman–Crippen MR) is 115 cm³/mol. The summed E-state index contributed by atoms with van der Waals surface area (Å²) >= 11 is 0. The second-order valence-corrected chi connectivity index (χ2v) is 6.62. The molecule has 0 spiro atoms. The Kier molecular flexibility index (Phi) is 6.39. The van der Waals surface area contributed by atoms with Crippen LogP contribution in [0.1, 0.15) is 22.7 Å². The Morgan fingerprint density at radius 3 is 2.37 bits per heavy atom. The van der Waals surface area contributed by atoms with E-state index >= 15 is 0 Å². The first-order chi connectivity index (χ1) is 14.4. The third-order valence-corrected chi connectivity index (χ3v) is 4.49. The zero-order valence-electron chi connectivity index (χ0n) is 16.0. The van der Waals surface area contributed by atoms with Crippen LogP contribution >= 0.6 is 0 Å². The average molecular weight is 403 g/mol. The molecule has 1 atom stereocenters. The van der Waals surface area contributed by atoms with Crippen molar-refractivity contribution in [3.8, 4) is 0 Å². The molecule has 0 radical (unpaired) electrons. The number of rotatable bonds is 8. The largest absolute Gasteiger partial charge is 0.384 e. The Morgan fingerprint density at radius 1 is 1.03 bits per heavy atom. The number of nitro groups is 1. The van der Waals surface area contributed by atoms with E-state index in [-0.39, 0.29) is 17.4 Å². The summed E-state index contributed by atoms with van der Waals surface area (Å²) in [5.41, 5.74) is 7.96. The molecule has 0 aliphatic heterocycles. The van der Waals surface area contributed by atoms with Crippen molar-refractivity contribution in [3.63, 3.8) is 0 Å². The molecule has 30 heavy (non-hydrogen) atoms. The van der Waals surface area contributed by atoms with Gasteiger partial charge in [-0.25, -0.2) is 0 Å². The quantitative estimate of drug-likeness (QED) is 0.198. The minimum Gasteiger partial charge on any atom is -0.384 e. The first-order valence-electron chi connectivity index (χ1n) is 9.21. The van der Waals surface area contributed by atoms with Crippen LogP contribution in [0.25, 0.3) is 0 Å². The Morgan fingerprint density at radius 2 is 1.73 bits per heavy atom. The van der Waals surface area contributed by atoms with Crippen LogP contribution in [0.4, 0.5) is 11.4 Å². The van der Waals surface area contributed by atoms with Crippen LogP contribution in [0.3, 0.4) is 0 Å². The molecule has 1 amide bonds. The number of benzene rings is 3. The lowest BCUT2D eigenvalue weighted by molar-refractivity contribution is -0.384. The summed E-state index contributed by atoms with van der Waals surface area (Å²) in [7, 11) is 0. The number of nitro benzene ring substituents is 1. The molecule has 3 aromatic carbocycles. The number of amides is 1. The second kappa shape index (κ2) is 9.33. The van der Waals surface area contributed by atoms with Gasteiger partial charge in [-0.05, 0) is 35.4 Å². The monoisotopic (exact) mass is 403 g/mol. The number of nitrogens with one attached hydrogen (secondary N) is 3. The van der Waals surface area contributed by atoms with Crippen LogP contribution in [0.5, 0.6) is 0 Å². The average Bonchev–Trinajstić information content (AvgIpc) is 2.77. The lowest BCUT2D eigenvalue weighted by Gasteiger charge is -2.20. The Balaban J connectivity index is 1.85. The molecule has 3 rings (SSSR count). The molecule has 0 saturated heterocycles. The van der Waals surface area contributed by atoms with E-state index in [0.717, 1.165) is 5.56 Å². The van der Waals surface area contributed by atoms with Gasteiger partial charge in [0.2, 0.25) is 5.91 Å². The number of nitrogens with zero attached hydrogens (tertiary/aromatic N) is 1. The fraction of sp³-hybridized carbons (Fsp3) is 0.0909. The molecule has 0 bridgehead atoms. The third-order valence-electron chi connectivity index (χ3n) is 4.49. The van der Waals surface area contributed by atoms with Crippen molar-refractivity contribution >= 4 is 23.1 Å². The Hall–Kier alpha value is -4.20. The van der Waals surface area contributed by atoms with Crippen LogP contribution in [0, 0.1) is 15.5 Å². The maximum atomic E-state index is 13.0. The summed E-state index contributed by atoms with van der Waals surface area (Å²) in [6.45, 7) is 0.329. The molecule has 3 aromatic rings. The van der Waals surface area contributed by atoms with E-state index in [2.05, 4.69) is 10.6 Å². The number of nitrogens with two attached hydrogens (primary N) is 1. The van der Waals surface area contributed by atoms with Gasteiger partial charge >= 0.3 is 0 Å². The van der Waals surface area contributed by atoms with Gasteiger partial charge in [-0.15, -0.1) is 0 Å². The van der Waals surface area contributed by atoms with Crippen LogP contribution < -0.4 is 16.4 Å². The minimum absolute atomic E-state index is 0.0580. The topological polar surface area (TPSA) is 134 Å². The van der Waals surface area contributed by atoms with E-state index in [9.17, 15) is 14.9 Å². The lowest BCUT2D eigenvalue weighted by atomic mass is 10.0. The molecular weight excluding hydrogens is 382 g/mol. The highest BCUT2D eigenvalue weighted by Gasteiger charge is 2.22. The van der Waals surface area contributed by atoms with Gasteiger partial charge in [-0.1, -0.05) is 42.5 Å². The van der Waals surface area contributed by atoms with Gasteiger partial charge in [0.25, 0.3) is 5.69 Å². The lowest BCUT2D eigenvalue weighted by Crippen LogP contribution is -2.33. The Labute approximate surface area is 173 Å². The first-order valence-corrected chi connectivity index (χ1v) is 9.21. The van der Waals surface area contributed by atoms with Crippen molar-refractivity contribution in [1.82, 2.24) is 5.32 Å². The summed E-state index contributed by atoms with van der Waals surface area (Å²) in [6, 6.07) is 21.3. The highest BCUT2D eigenvalue weighted by atomic mass is 16.6. The number of non-ortho nitro benzene ring substituents is 1. The number of carbonyl (C=O) groups is 1. The predicted octanol–water partition coefficient (Wildman–Crippen LogP) is 3.35. The van der Waals surface area contributed by atoms with Gasteiger partial charge in [0, 0.05) is 29.9 Å². The zero-order chi connectivity index (χ0) is 21.5. The summed E-state index contributed by atoms with van der Waals surface area (Å²) < 4.78 is 0. The molecule has 5 N–H and O–H groups in total. The normalized spacial score (nSPS) is 11.3. The molecule has 152 valence electrons. The fourth-order valence-corrected chi connectivity index (χ4v) is 2.92. The molecular formula is C22H21N5O3. The van der Waals surface area contributed by atoms with Crippen LogP contribution in [-0.4, -0.2) is 16.7 Å². The molecule has 8 nitrogen and oxygen atoms in total. The molecule has 0 heterocycles. The minimum atomic E-state index is -0.850. The van der Waals surface area contributed by atoms with Crippen molar-refractivity contribution in [2.45, 2.75) is 12.6 Å². The smallest absolute Gasteiger partial charge is 0.269 e. The molecule has 0 aromatic heterocycles. The third kappa shape index (κ3) is 5.20. The van der Waals surface area contributed by atoms with Crippen molar-refractivity contribution < 1.29 is 9.72 Å². The van der Waals surface area contributed by atoms with E-state index in [1.54, 1.807) is 36.4 Å². The van der Waals surface area contributed by atoms with E-state index in [4.69, 9.17) is 11.1 Å². The molecule has 0 fully saturated rings. The first kappa shape index (κ1) is 20.5. The zero-order valence-corrected chi connectivity index (χ0v) is 16.0. The highest BCUT2D eigenvalue weighted by Crippen LogP contribution is 2.24. The highest BCUT2D eigenvalue weighted by molar-refractivity contribution is 5.95. The fourth-order valence-electron chi connectivity index (χ4n) is 2.92. The van der Waals surface area contributed by atoms with Crippen molar-refractivity contribution in [2.75, 3.05) is 5.32 Å². The van der Waals surface area contributed by atoms with E-state index in [1.165, 1.54) is 12.1 Å². The molecule has 0 aliphatic rings. The van der Waals surface area contributed by atoms with Gasteiger partial charge in [0.05, 0.1) is 4.92 Å². The summed E-state index contributed by atoms with van der Waals surface area (Å²) in [5.74, 6) is -0.382. The number of amidine groups is 1. The molecule has 0 aliphatic carbocycles. The Bertz CT molecular complexity index is 1050. The standard InChI is InChI=1S/C22H21N5O3/c23-21(24)16-9-11-18(12-10-16)26-20(17-7-4-8-19(13-17)27(29)30)22(28)25-14-15-5-2-1-3-6-15/h1-13,20,26H,14H2,(H3,23,24)(H,25,28). The van der Waals surface area contributed by atoms with Gasteiger partial charge < -0.3 is 16.4 Å². The summed E-state index contributed by atoms with van der Waals surface area (Å²) in [6.07, 6.45) is 0. The molecule has 8 heteroatoms. The number of hydrogen-bond acceptors (Lipinski definition) is 5. The van der Waals surface area contributed by atoms with Crippen LogP contribution in [0.2, 0.25) is 0 Å². The number of nitrogen functional groups attached to an aromatic ring is 1. The second-order valence-electron chi connectivity index (χ2n) is 6.62. The number of hydrogen-bond donors (Lipinski definition) is 4. The van der Waals surface area contributed by atoms with Crippen LogP contribution in [-0.2, 0) is 11.3 Å². The van der Waals surface area contributed by atoms with Crippen molar-refractivity contribution in [3.05, 3.63) is 106 Å². The molecule has 0 saturated carbocycles. The van der Waals surface area contributed by atoms with Crippen molar-refractivity contribution in [2.24, 2.45) is 5.73 Å². The maximum absolute atomic E-state index is 13.0.